The highest BCUT2D eigenvalue weighted by Gasteiger charge is 2.49. The molecule has 21 heavy (non-hydrogen) atoms. The van der Waals surface area contributed by atoms with Crippen molar-refractivity contribution in [3.05, 3.63) is 36.4 Å². The summed E-state index contributed by atoms with van der Waals surface area (Å²) in [6.07, 6.45) is 8.11. The standard InChI is InChI=1S/C15H20N6/c1-19-8-3-13(18-19)11-21-10-5-15(21)4-9-20(12-15)14-16-6-2-7-17-14/h2-3,6-8H,4-5,9-12H2,1H3/t15-/m1/s1. The fourth-order valence-electron chi connectivity index (χ4n) is 3.52. The van der Waals surface area contributed by atoms with E-state index in [-0.39, 0.29) is 0 Å². The molecule has 0 radical (unpaired) electrons. The van der Waals surface area contributed by atoms with E-state index in [1.54, 1.807) is 0 Å². The lowest BCUT2D eigenvalue weighted by Crippen LogP contribution is -2.60. The minimum atomic E-state index is 0.302. The van der Waals surface area contributed by atoms with Crippen molar-refractivity contribution >= 4 is 5.95 Å². The first-order valence-electron chi connectivity index (χ1n) is 7.51. The van der Waals surface area contributed by atoms with Crippen molar-refractivity contribution in [3.63, 3.8) is 0 Å². The van der Waals surface area contributed by atoms with Crippen molar-refractivity contribution in [2.75, 3.05) is 24.5 Å². The van der Waals surface area contributed by atoms with Crippen molar-refractivity contribution < 1.29 is 0 Å². The molecule has 2 aliphatic rings. The first kappa shape index (κ1) is 12.8. The fourth-order valence-corrected chi connectivity index (χ4v) is 3.52. The largest absolute Gasteiger partial charge is 0.339 e. The molecular weight excluding hydrogens is 264 g/mol. The van der Waals surface area contributed by atoms with Gasteiger partial charge in [-0.25, -0.2) is 9.97 Å². The van der Waals surface area contributed by atoms with Crippen LogP contribution in [-0.2, 0) is 13.6 Å². The molecule has 1 spiro atoms. The van der Waals surface area contributed by atoms with Gasteiger partial charge in [-0.2, -0.15) is 5.10 Å². The maximum atomic E-state index is 4.50. The minimum absolute atomic E-state index is 0.302. The average Bonchev–Trinajstić information content (AvgIpc) is 3.13. The van der Waals surface area contributed by atoms with Crippen molar-refractivity contribution in [2.45, 2.75) is 24.9 Å². The third-order valence-electron chi connectivity index (χ3n) is 4.81. The molecule has 2 saturated heterocycles. The summed E-state index contributed by atoms with van der Waals surface area (Å²) in [4.78, 5) is 13.6. The number of nitrogens with zero attached hydrogens (tertiary/aromatic N) is 6. The minimum Gasteiger partial charge on any atom is -0.339 e. The van der Waals surface area contributed by atoms with E-state index in [1.807, 2.05) is 36.4 Å². The van der Waals surface area contributed by atoms with Crippen LogP contribution < -0.4 is 4.90 Å². The van der Waals surface area contributed by atoms with Gasteiger partial charge in [-0.15, -0.1) is 0 Å². The Kier molecular flexibility index (Phi) is 2.92. The Labute approximate surface area is 124 Å². The van der Waals surface area contributed by atoms with Crippen molar-refractivity contribution in [1.82, 2.24) is 24.6 Å². The predicted octanol–water partition coefficient (Wildman–Crippen LogP) is 1.06. The van der Waals surface area contributed by atoms with Gasteiger partial charge in [0.25, 0.3) is 0 Å². The molecule has 0 N–H and O–H groups in total. The summed E-state index contributed by atoms with van der Waals surface area (Å²) in [5, 5.41) is 4.50. The number of rotatable bonds is 3. The Hall–Kier alpha value is -1.95. The number of hydrogen-bond donors (Lipinski definition) is 0. The van der Waals surface area contributed by atoms with Crippen LogP contribution in [0.15, 0.2) is 30.7 Å². The summed E-state index contributed by atoms with van der Waals surface area (Å²) >= 11 is 0. The molecule has 0 bridgehead atoms. The summed E-state index contributed by atoms with van der Waals surface area (Å²) in [6.45, 7) is 4.19. The fraction of sp³-hybridized carbons (Fsp3) is 0.533. The van der Waals surface area contributed by atoms with Gasteiger partial charge in [-0.05, 0) is 25.0 Å². The van der Waals surface area contributed by atoms with E-state index < -0.39 is 0 Å². The molecule has 2 aromatic rings. The van der Waals surface area contributed by atoms with Gasteiger partial charge in [0, 0.05) is 57.4 Å². The van der Waals surface area contributed by atoms with Crippen LogP contribution in [0, 0.1) is 0 Å². The second kappa shape index (κ2) is 4.80. The molecule has 2 fully saturated rings. The quantitative estimate of drug-likeness (QED) is 0.843. The molecule has 6 nitrogen and oxygen atoms in total. The van der Waals surface area contributed by atoms with Gasteiger partial charge < -0.3 is 4.90 Å². The molecule has 0 aromatic carbocycles. The molecule has 4 heterocycles. The molecule has 6 heteroatoms. The molecular formula is C15H20N6. The Balaban J connectivity index is 1.46. The highest BCUT2D eigenvalue weighted by molar-refractivity contribution is 5.34. The van der Waals surface area contributed by atoms with E-state index in [4.69, 9.17) is 0 Å². The number of likely N-dealkylation sites (tertiary alicyclic amines) is 1. The van der Waals surface area contributed by atoms with E-state index in [0.717, 1.165) is 31.3 Å². The summed E-state index contributed by atoms with van der Waals surface area (Å²) < 4.78 is 1.88. The zero-order chi connectivity index (χ0) is 14.3. The lowest BCUT2D eigenvalue weighted by molar-refractivity contribution is -0.00596. The molecule has 0 unspecified atom stereocenters. The van der Waals surface area contributed by atoms with E-state index in [1.165, 1.54) is 19.4 Å². The zero-order valence-electron chi connectivity index (χ0n) is 12.3. The van der Waals surface area contributed by atoms with Gasteiger partial charge in [-0.1, -0.05) is 0 Å². The Bertz CT molecular complexity index is 624. The number of anilines is 1. The third-order valence-corrected chi connectivity index (χ3v) is 4.81. The molecule has 110 valence electrons. The highest BCUT2D eigenvalue weighted by atomic mass is 15.4. The second-order valence-corrected chi connectivity index (χ2v) is 6.10. The highest BCUT2D eigenvalue weighted by Crippen LogP contribution is 2.40. The predicted molar refractivity (Wildman–Crippen MR) is 79.8 cm³/mol. The number of hydrogen-bond acceptors (Lipinski definition) is 5. The van der Waals surface area contributed by atoms with Gasteiger partial charge in [0.2, 0.25) is 5.95 Å². The molecule has 2 aliphatic heterocycles. The first-order chi connectivity index (χ1) is 10.3. The van der Waals surface area contributed by atoms with Gasteiger partial charge >= 0.3 is 0 Å². The van der Waals surface area contributed by atoms with Gasteiger partial charge in [0.15, 0.2) is 0 Å². The summed E-state index contributed by atoms with van der Waals surface area (Å²) in [5.41, 5.74) is 1.46. The monoisotopic (exact) mass is 284 g/mol. The lowest BCUT2D eigenvalue weighted by Gasteiger charge is -2.50. The van der Waals surface area contributed by atoms with Crippen LogP contribution >= 0.6 is 0 Å². The molecule has 4 rings (SSSR count). The molecule has 2 aromatic heterocycles. The SMILES string of the molecule is Cn1ccc(CN2CC[C@@]23CCN(c2ncccn2)C3)n1. The summed E-state index contributed by atoms with van der Waals surface area (Å²) in [7, 11) is 1.97. The third kappa shape index (κ3) is 2.19. The van der Waals surface area contributed by atoms with E-state index in [2.05, 4.69) is 30.9 Å². The second-order valence-electron chi connectivity index (χ2n) is 6.10. The van der Waals surface area contributed by atoms with Crippen molar-refractivity contribution in [2.24, 2.45) is 7.05 Å². The van der Waals surface area contributed by atoms with Gasteiger partial charge in [0.05, 0.1) is 5.69 Å². The van der Waals surface area contributed by atoms with E-state index in [0.29, 0.717) is 5.54 Å². The van der Waals surface area contributed by atoms with Crippen molar-refractivity contribution in [1.29, 1.82) is 0 Å². The number of aryl methyl sites for hydroxylation is 1. The Morgan fingerprint density at radius 2 is 2.00 bits per heavy atom. The Morgan fingerprint density at radius 3 is 2.67 bits per heavy atom. The smallest absolute Gasteiger partial charge is 0.225 e. The average molecular weight is 284 g/mol. The van der Waals surface area contributed by atoms with Crippen LogP contribution in [0.5, 0.6) is 0 Å². The molecule has 0 amide bonds. The number of aromatic nitrogens is 4. The maximum Gasteiger partial charge on any atom is 0.225 e. The molecule has 1 atom stereocenters. The van der Waals surface area contributed by atoms with Crippen LogP contribution in [0.3, 0.4) is 0 Å². The van der Waals surface area contributed by atoms with Crippen LogP contribution in [0.1, 0.15) is 18.5 Å². The van der Waals surface area contributed by atoms with Gasteiger partial charge in [0.1, 0.15) is 0 Å². The summed E-state index contributed by atoms with van der Waals surface area (Å²) in [6, 6.07) is 3.98. The maximum absolute atomic E-state index is 4.50. The topological polar surface area (TPSA) is 50.1 Å². The van der Waals surface area contributed by atoms with Crippen LogP contribution in [0.2, 0.25) is 0 Å². The van der Waals surface area contributed by atoms with Crippen molar-refractivity contribution in [3.8, 4) is 0 Å². The van der Waals surface area contributed by atoms with Gasteiger partial charge in [-0.3, -0.25) is 9.58 Å². The molecule has 0 saturated carbocycles. The lowest BCUT2D eigenvalue weighted by atomic mass is 9.83. The zero-order valence-corrected chi connectivity index (χ0v) is 12.3. The van der Waals surface area contributed by atoms with Crippen LogP contribution in [0.25, 0.3) is 0 Å². The normalized spacial score (nSPS) is 25.5. The van der Waals surface area contributed by atoms with Crippen LogP contribution in [0.4, 0.5) is 5.95 Å². The Morgan fingerprint density at radius 1 is 1.19 bits per heavy atom. The van der Waals surface area contributed by atoms with E-state index >= 15 is 0 Å². The van der Waals surface area contributed by atoms with Crippen LogP contribution in [-0.4, -0.2) is 49.8 Å². The summed E-state index contributed by atoms with van der Waals surface area (Å²) in [5.74, 6) is 0.860. The van der Waals surface area contributed by atoms with E-state index in [9.17, 15) is 0 Å². The molecule has 0 aliphatic carbocycles. The first-order valence-corrected chi connectivity index (χ1v) is 7.51.